The van der Waals surface area contributed by atoms with Crippen molar-refractivity contribution in [3.8, 4) is 0 Å². The van der Waals surface area contributed by atoms with Crippen molar-refractivity contribution in [2.45, 2.75) is 23.9 Å². The van der Waals surface area contributed by atoms with Crippen LogP contribution in [0.4, 0.5) is 13.2 Å². The molecule has 4 nitrogen and oxygen atoms in total. The van der Waals surface area contributed by atoms with Crippen LogP contribution in [0.15, 0.2) is 29.2 Å². The van der Waals surface area contributed by atoms with Crippen LogP contribution in [0.5, 0.6) is 0 Å². The first-order valence-corrected chi connectivity index (χ1v) is 7.43. The predicted molar refractivity (Wildman–Crippen MR) is 70.5 cm³/mol. The van der Waals surface area contributed by atoms with E-state index in [0.29, 0.717) is 10.5 Å². The van der Waals surface area contributed by atoms with E-state index in [1.165, 1.54) is 0 Å². The van der Waals surface area contributed by atoms with Gasteiger partial charge in [-0.3, -0.25) is 9.00 Å². The summed E-state index contributed by atoms with van der Waals surface area (Å²) in [6.45, 7) is -1.41. The van der Waals surface area contributed by atoms with E-state index in [9.17, 15) is 22.2 Å². The Hall–Kier alpha value is -1.41. The second-order valence-electron chi connectivity index (χ2n) is 4.29. The first-order valence-electron chi connectivity index (χ1n) is 6.11. The summed E-state index contributed by atoms with van der Waals surface area (Å²) in [4.78, 5) is 11.0. The fourth-order valence-corrected chi connectivity index (χ4v) is 2.59. The lowest BCUT2D eigenvalue weighted by atomic mass is 10.2. The summed E-state index contributed by atoms with van der Waals surface area (Å²) in [5.41, 5.74) is 0.594. The maximum absolute atomic E-state index is 11.9. The Kier molecular flexibility index (Phi) is 6.83. The first-order chi connectivity index (χ1) is 9.78. The molecule has 0 saturated carbocycles. The van der Waals surface area contributed by atoms with Crippen LogP contribution < -0.4 is 0 Å². The molecule has 0 bridgehead atoms. The van der Waals surface area contributed by atoms with Crippen molar-refractivity contribution in [1.29, 1.82) is 0 Å². The molecule has 1 aromatic carbocycles. The highest BCUT2D eigenvalue weighted by Crippen LogP contribution is 2.15. The standard InChI is InChI=1S/C13H15F3O4S/c14-13(15,16)9-20-6-1-7-21(19)11-4-2-10(3-5-11)8-12(17)18/h2-5H,1,6-9H2,(H,17,18). The fourth-order valence-electron chi connectivity index (χ4n) is 1.53. The zero-order valence-corrected chi connectivity index (χ0v) is 11.9. The minimum atomic E-state index is -4.35. The highest BCUT2D eigenvalue weighted by Gasteiger charge is 2.27. The minimum Gasteiger partial charge on any atom is -0.481 e. The molecule has 0 aliphatic heterocycles. The molecule has 1 unspecified atom stereocenters. The second kappa shape index (κ2) is 8.14. The van der Waals surface area contributed by atoms with E-state index >= 15 is 0 Å². The lowest BCUT2D eigenvalue weighted by Crippen LogP contribution is -2.17. The summed E-state index contributed by atoms with van der Waals surface area (Å²) < 4.78 is 51.7. The Morgan fingerprint density at radius 1 is 1.24 bits per heavy atom. The molecule has 0 aromatic heterocycles. The summed E-state index contributed by atoms with van der Waals surface area (Å²) in [6, 6.07) is 6.26. The van der Waals surface area contributed by atoms with Crippen LogP contribution in [-0.2, 0) is 26.8 Å². The molecule has 1 rings (SSSR count). The van der Waals surface area contributed by atoms with E-state index in [1.807, 2.05) is 0 Å². The average molecular weight is 324 g/mol. The fraction of sp³-hybridized carbons (Fsp3) is 0.462. The number of ether oxygens (including phenoxy) is 1. The Labute approximate surface area is 122 Å². The molecule has 0 spiro atoms. The Morgan fingerprint density at radius 3 is 2.38 bits per heavy atom. The number of carbonyl (C=O) groups is 1. The van der Waals surface area contributed by atoms with Gasteiger partial charge >= 0.3 is 12.1 Å². The molecule has 0 aliphatic carbocycles. The number of carboxylic acid groups (broad SMARTS) is 1. The van der Waals surface area contributed by atoms with Crippen LogP contribution in [-0.4, -0.2) is 40.4 Å². The van der Waals surface area contributed by atoms with Crippen LogP contribution in [0, 0.1) is 0 Å². The van der Waals surface area contributed by atoms with Gasteiger partial charge in [0.1, 0.15) is 6.61 Å². The first kappa shape index (κ1) is 17.6. The van der Waals surface area contributed by atoms with E-state index in [0.717, 1.165) is 0 Å². The van der Waals surface area contributed by atoms with Crippen molar-refractivity contribution in [3.63, 3.8) is 0 Å². The molecular formula is C13H15F3O4S. The number of carboxylic acids is 1. The zero-order chi connectivity index (χ0) is 15.9. The van der Waals surface area contributed by atoms with Crippen molar-refractivity contribution in [2.24, 2.45) is 0 Å². The van der Waals surface area contributed by atoms with Crippen LogP contribution >= 0.6 is 0 Å². The highest BCUT2D eigenvalue weighted by atomic mass is 32.2. The third kappa shape index (κ3) is 7.81. The Balaban J connectivity index is 2.33. The largest absolute Gasteiger partial charge is 0.481 e. The smallest absolute Gasteiger partial charge is 0.411 e. The maximum atomic E-state index is 11.9. The Morgan fingerprint density at radius 2 is 1.86 bits per heavy atom. The highest BCUT2D eigenvalue weighted by molar-refractivity contribution is 7.85. The number of benzene rings is 1. The van der Waals surface area contributed by atoms with E-state index < -0.39 is 29.6 Å². The molecule has 1 atom stereocenters. The molecule has 1 N–H and O–H groups in total. The van der Waals surface area contributed by atoms with Gasteiger partial charge in [-0.1, -0.05) is 12.1 Å². The zero-order valence-electron chi connectivity index (χ0n) is 11.1. The van der Waals surface area contributed by atoms with Gasteiger partial charge in [0.25, 0.3) is 0 Å². The van der Waals surface area contributed by atoms with E-state index in [-0.39, 0.29) is 25.2 Å². The van der Waals surface area contributed by atoms with Gasteiger partial charge in [-0.15, -0.1) is 0 Å². The summed E-state index contributed by atoms with van der Waals surface area (Å²) in [6.07, 6.45) is -4.21. The van der Waals surface area contributed by atoms with Crippen LogP contribution in [0.1, 0.15) is 12.0 Å². The van der Waals surface area contributed by atoms with Gasteiger partial charge < -0.3 is 9.84 Å². The van der Waals surface area contributed by atoms with Crippen LogP contribution in [0.2, 0.25) is 0 Å². The van der Waals surface area contributed by atoms with E-state index in [2.05, 4.69) is 4.74 Å². The topological polar surface area (TPSA) is 63.6 Å². The van der Waals surface area contributed by atoms with Gasteiger partial charge in [0.15, 0.2) is 0 Å². The summed E-state index contributed by atoms with van der Waals surface area (Å²) in [5, 5.41) is 8.62. The van der Waals surface area contributed by atoms with Gasteiger partial charge in [-0.05, 0) is 24.1 Å². The average Bonchev–Trinajstić information content (AvgIpc) is 2.37. The monoisotopic (exact) mass is 324 g/mol. The molecule has 0 heterocycles. The van der Waals surface area contributed by atoms with E-state index in [1.54, 1.807) is 24.3 Å². The molecule has 0 radical (unpaired) electrons. The molecule has 0 saturated heterocycles. The van der Waals surface area contributed by atoms with Crippen molar-refractivity contribution >= 4 is 16.8 Å². The van der Waals surface area contributed by atoms with Gasteiger partial charge in [0.05, 0.1) is 17.2 Å². The molecule has 0 fully saturated rings. The lowest BCUT2D eigenvalue weighted by Gasteiger charge is -2.07. The quantitative estimate of drug-likeness (QED) is 0.746. The number of hydrogen-bond acceptors (Lipinski definition) is 3. The number of hydrogen-bond donors (Lipinski definition) is 1. The SMILES string of the molecule is O=C(O)Cc1ccc(S(=O)CCCOCC(F)(F)F)cc1. The van der Waals surface area contributed by atoms with Crippen molar-refractivity contribution in [2.75, 3.05) is 19.0 Å². The number of rotatable bonds is 8. The number of alkyl halides is 3. The lowest BCUT2D eigenvalue weighted by molar-refractivity contribution is -0.173. The summed E-state index contributed by atoms with van der Waals surface area (Å²) >= 11 is 0. The van der Waals surface area contributed by atoms with E-state index in [4.69, 9.17) is 5.11 Å². The van der Waals surface area contributed by atoms with Crippen LogP contribution in [0.3, 0.4) is 0 Å². The molecule has 1 aromatic rings. The van der Waals surface area contributed by atoms with Crippen molar-refractivity contribution in [1.82, 2.24) is 0 Å². The molecule has 8 heteroatoms. The maximum Gasteiger partial charge on any atom is 0.411 e. The predicted octanol–water partition coefficient (Wildman–Crippen LogP) is 2.39. The second-order valence-corrected chi connectivity index (χ2v) is 5.86. The summed E-state index contributed by atoms with van der Waals surface area (Å²) in [5.74, 6) is -0.762. The third-order valence-corrected chi connectivity index (χ3v) is 3.88. The molecule has 0 aliphatic rings. The normalized spacial score (nSPS) is 13.1. The summed E-state index contributed by atoms with van der Waals surface area (Å²) in [7, 11) is -1.34. The van der Waals surface area contributed by atoms with Gasteiger partial charge in [-0.25, -0.2) is 0 Å². The third-order valence-electron chi connectivity index (χ3n) is 2.43. The molecular weight excluding hydrogens is 309 g/mol. The molecule has 118 valence electrons. The van der Waals surface area contributed by atoms with Crippen molar-refractivity contribution < 1.29 is 32.0 Å². The van der Waals surface area contributed by atoms with Crippen molar-refractivity contribution in [3.05, 3.63) is 29.8 Å². The van der Waals surface area contributed by atoms with Gasteiger partial charge in [0.2, 0.25) is 0 Å². The molecule has 0 amide bonds. The van der Waals surface area contributed by atoms with Crippen LogP contribution in [0.25, 0.3) is 0 Å². The van der Waals surface area contributed by atoms with Gasteiger partial charge in [-0.2, -0.15) is 13.2 Å². The Bertz CT molecular complexity index is 485. The number of halogens is 3. The minimum absolute atomic E-state index is 0.109. The van der Waals surface area contributed by atoms with Gasteiger partial charge in [0, 0.05) is 17.3 Å². The number of aliphatic carboxylic acids is 1. The molecule has 21 heavy (non-hydrogen) atoms.